The van der Waals surface area contributed by atoms with Crippen molar-refractivity contribution in [2.75, 3.05) is 12.9 Å². The molecule has 0 unspecified atom stereocenters. The minimum absolute atomic E-state index is 0.0808. The first-order valence-corrected chi connectivity index (χ1v) is 8.76. The van der Waals surface area contributed by atoms with Crippen molar-refractivity contribution in [3.63, 3.8) is 0 Å². The lowest BCUT2D eigenvalue weighted by atomic mass is 10.1. The number of aromatic nitrogens is 4. The largest absolute Gasteiger partial charge is 0.497 e. The van der Waals surface area contributed by atoms with Crippen LogP contribution in [0.15, 0.2) is 39.0 Å². The molecule has 2 aromatic heterocycles. The van der Waals surface area contributed by atoms with E-state index >= 15 is 0 Å². The molecule has 0 spiro atoms. The van der Waals surface area contributed by atoms with Gasteiger partial charge >= 0.3 is 5.69 Å². The first-order chi connectivity index (χ1) is 12.3. The summed E-state index contributed by atoms with van der Waals surface area (Å²) in [4.78, 5) is 41.2. The van der Waals surface area contributed by atoms with Gasteiger partial charge in [-0.1, -0.05) is 23.9 Å². The highest BCUT2D eigenvalue weighted by Crippen LogP contribution is 2.22. The van der Waals surface area contributed by atoms with Crippen LogP contribution in [0.5, 0.6) is 5.75 Å². The van der Waals surface area contributed by atoms with E-state index in [1.165, 1.54) is 23.4 Å². The molecule has 136 valence electrons. The van der Waals surface area contributed by atoms with E-state index in [4.69, 9.17) is 4.74 Å². The van der Waals surface area contributed by atoms with E-state index in [0.717, 1.165) is 4.57 Å². The van der Waals surface area contributed by atoms with Gasteiger partial charge in [0, 0.05) is 26.7 Å². The van der Waals surface area contributed by atoms with E-state index in [2.05, 4.69) is 4.98 Å². The van der Waals surface area contributed by atoms with E-state index < -0.39 is 11.2 Å². The molecule has 0 N–H and O–H groups in total. The van der Waals surface area contributed by atoms with Crippen LogP contribution >= 0.6 is 11.8 Å². The van der Waals surface area contributed by atoms with Gasteiger partial charge in [-0.3, -0.25) is 18.7 Å². The second kappa shape index (κ2) is 6.83. The van der Waals surface area contributed by atoms with Gasteiger partial charge in [-0.15, -0.1) is 0 Å². The van der Waals surface area contributed by atoms with Crippen LogP contribution in [0.4, 0.5) is 0 Å². The maximum atomic E-state index is 12.4. The number of benzene rings is 1. The van der Waals surface area contributed by atoms with Crippen molar-refractivity contribution in [1.29, 1.82) is 0 Å². The Kier molecular flexibility index (Phi) is 4.73. The molecule has 26 heavy (non-hydrogen) atoms. The average Bonchev–Trinajstić information content (AvgIpc) is 2.99. The third kappa shape index (κ3) is 2.94. The monoisotopic (exact) mass is 374 g/mol. The fourth-order valence-corrected chi connectivity index (χ4v) is 3.50. The molecule has 1 aromatic carbocycles. The van der Waals surface area contributed by atoms with Gasteiger partial charge in [0.15, 0.2) is 22.1 Å². The van der Waals surface area contributed by atoms with Crippen molar-refractivity contribution in [2.24, 2.45) is 21.1 Å². The Bertz CT molecular complexity index is 1130. The highest BCUT2D eigenvalue weighted by molar-refractivity contribution is 7.99. The van der Waals surface area contributed by atoms with Gasteiger partial charge in [-0.05, 0) is 12.1 Å². The molecular formula is C17H18N4O4S. The highest BCUT2D eigenvalue weighted by Gasteiger charge is 2.18. The van der Waals surface area contributed by atoms with Crippen molar-refractivity contribution in [3.8, 4) is 5.75 Å². The lowest BCUT2D eigenvalue weighted by Gasteiger charge is -2.04. The molecule has 0 saturated heterocycles. The third-order valence-electron chi connectivity index (χ3n) is 4.16. The Morgan fingerprint density at radius 2 is 1.88 bits per heavy atom. The van der Waals surface area contributed by atoms with Gasteiger partial charge in [0.25, 0.3) is 5.56 Å². The molecule has 2 heterocycles. The van der Waals surface area contributed by atoms with E-state index in [9.17, 15) is 14.4 Å². The van der Waals surface area contributed by atoms with Crippen LogP contribution in [0.3, 0.4) is 0 Å². The van der Waals surface area contributed by atoms with E-state index in [0.29, 0.717) is 27.6 Å². The first-order valence-electron chi connectivity index (χ1n) is 7.77. The normalized spacial score (nSPS) is 11.1. The van der Waals surface area contributed by atoms with Crippen LogP contribution in [0, 0.1) is 0 Å². The van der Waals surface area contributed by atoms with Crippen molar-refractivity contribution >= 4 is 28.7 Å². The third-order valence-corrected chi connectivity index (χ3v) is 5.19. The Morgan fingerprint density at radius 1 is 1.15 bits per heavy atom. The van der Waals surface area contributed by atoms with Crippen molar-refractivity contribution in [3.05, 3.63) is 50.7 Å². The zero-order valence-electron chi connectivity index (χ0n) is 14.8. The van der Waals surface area contributed by atoms with Crippen LogP contribution in [-0.4, -0.2) is 37.3 Å². The summed E-state index contributed by atoms with van der Waals surface area (Å²) in [5.74, 6) is 0.684. The molecule has 3 rings (SSSR count). The molecule has 8 nitrogen and oxygen atoms in total. The van der Waals surface area contributed by atoms with E-state index in [1.807, 2.05) is 0 Å². The van der Waals surface area contributed by atoms with Gasteiger partial charge in [-0.2, -0.15) is 0 Å². The zero-order chi connectivity index (χ0) is 19.0. The van der Waals surface area contributed by atoms with E-state index in [-0.39, 0.29) is 11.5 Å². The van der Waals surface area contributed by atoms with Gasteiger partial charge in [0.1, 0.15) is 5.75 Å². The second-order valence-electron chi connectivity index (χ2n) is 5.78. The Hall–Kier alpha value is -2.81. The molecular weight excluding hydrogens is 356 g/mol. The molecule has 0 amide bonds. The second-order valence-corrected chi connectivity index (χ2v) is 6.72. The molecule has 3 aromatic rings. The molecule has 0 bridgehead atoms. The molecule has 0 saturated carbocycles. The van der Waals surface area contributed by atoms with Gasteiger partial charge in [-0.25, -0.2) is 9.78 Å². The standard InChI is InChI=1S/C17H18N4O4S/c1-19-13-14(20(2)17(24)21(3)15(13)23)18-16(19)26-9-12(22)10-6-5-7-11(8-10)25-4/h5-8H,9H2,1-4H3. The van der Waals surface area contributed by atoms with Gasteiger partial charge in [0.2, 0.25) is 0 Å². The molecule has 0 fully saturated rings. The summed E-state index contributed by atoms with van der Waals surface area (Å²) in [5.41, 5.74) is 0.315. The number of ether oxygens (including phenoxy) is 1. The summed E-state index contributed by atoms with van der Waals surface area (Å²) in [6, 6.07) is 6.92. The summed E-state index contributed by atoms with van der Waals surface area (Å²) in [7, 11) is 6.23. The fraction of sp³-hybridized carbons (Fsp3) is 0.294. The van der Waals surface area contributed by atoms with Crippen LogP contribution < -0.4 is 16.0 Å². The number of methoxy groups -OCH3 is 1. The molecule has 0 radical (unpaired) electrons. The number of Topliss-reactive ketones (excluding diaryl/α,β-unsaturated/α-hetero) is 1. The fourth-order valence-electron chi connectivity index (χ4n) is 2.64. The SMILES string of the molecule is COc1cccc(C(=O)CSc2nc3c(c(=O)n(C)c(=O)n3C)n2C)c1. The lowest BCUT2D eigenvalue weighted by Crippen LogP contribution is -2.37. The number of thioether (sulfide) groups is 1. The summed E-state index contributed by atoms with van der Waals surface area (Å²) in [6.07, 6.45) is 0. The summed E-state index contributed by atoms with van der Waals surface area (Å²) in [6.45, 7) is 0. The maximum absolute atomic E-state index is 12.4. The molecule has 9 heteroatoms. The van der Waals surface area contributed by atoms with Crippen LogP contribution in [0.1, 0.15) is 10.4 Å². The predicted molar refractivity (Wildman–Crippen MR) is 99.2 cm³/mol. The van der Waals surface area contributed by atoms with Crippen LogP contribution in [0.2, 0.25) is 0 Å². The smallest absolute Gasteiger partial charge is 0.332 e. The molecule has 0 aliphatic heterocycles. The Labute approximate surface area is 153 Å². The number of hydrogen-bond donors (Lipinski definition) is 0. The summed E-state index contributed by atoms with van der Waals surface area (Å²) < 4.78 is 9.11. The minimum Gasteiger partial charge on any atom is -0.497 e. The van der Waals surface area contributed by atoms with Gasteiger partial charge in [0.05, 0.1) is 12.9 Å². The van der Waals surface area contributed by atoms with Crippen molar-refractivity contribution in [2.45, 2.75) is 5.16 Å². The number of hydrogen-bond acceptors (Lipinski definition) is 6. The molecule has 0 aliphatic carbocycles. The molecule has 0 atom stereocenters. The van der Waals surface area contributed by atoms with Gasteiger partial charge < -0.3 is 9.30 Å². The minimum atomic E-state index is -0.440. The number of ketones is 1. The Morgan fingerprint density at radius 3 is 2.58 bits per heavy atom. The predicted octanol–water partition coefficient (Wildman–Crippen LogP) is 0.954. The number of carbonyl (C=O) groups is 1. The zero-order valence-corrected chi connectivity index (χ0v) is 15.7. The average molecular weight is 374 g/mol. The highest BCUT2D eigenvalue weighted by atomic mass is 32.2. The maximum Gasteiger partial charge on any atom is 0.332 e. The topological polar surface area (TPSA) is 88.1 Å². The van der Waals surface area contributed by atoms with Crippen molar-refractivity contribution in [1.82, 2.24) is 18.7 Å². The molecule has 0 aliphatic rings. The quantitative estimate of drug-likeness (QED) is 0.488. The number of imidazole rings is 1. The number of carbonyl (C=O) groups excluding carboxylic acids is 1. The summed E-state index contributed by atoms with van der Waals surface area (Å²) >= 11 is 1.22. The number of nitrogens with zero attached hydrogens (tertiary/aromatic N) is 4. The van der Waals surface area contributed by atoms with Crippen molar-refractivity contribution < 1.29 is 9.53 Å². The summed E-state index contributed by atoms with van der Waals surface area (Å²) in [5, 5.41) is 0.495. The van der Waals surface area contributed by atoms with Crippen LogP contribution in [0.25, 0.3) is 11.2 Å². The number of rotatable bonds is 5. The Balaban J connectivity index is 1.92. The lowest BCUT2D eigenvalue weighted by molar-refractivity contribution is 0.102. The van der Waals surface area contributed by atoms with Crippen LogP contribution in [-0.2, 0) is 21.1 Å². The van der Waals surface area contributed by atoms with E-state index in [1.54, 1.807) is 50.0 Å². The first kappa shape index (κ1) is 18.0. The number of fused-ring (bicyclic) bond motifs is 1. The number of aryl methyl sites for hydroxylation is 2.